The Morgan fingerprint density at radius 2 is 2.38 bits per heavy atom. The van der Waals surface area contributed by atoms with E-state index in [4.69, 9.17) is 0 Å². The lowest BCUT2D eigenvalue weighted by Gasteiger charge is -2.09. The number of aliphatic imine (C=N–C) groups is 1. The molecule has 0 spiro atoms. The largest absolute Gasteiger partial charge is 0.335 e. The second-order valence-electron chi connectivity index (χ2n) is 3.88. The quantitative estimate of drug-likeness (QED) is 0.853. The number of benzene rings is 1. The van der Waals surface area contributed by atoms with Gasteiger partial charge in [0.2, 0.25) is 0 Å². The fourth-order valence-electron chi connectivity index (χ4n) is 1.58. The highest BCUT2D eigenvalue weighted by Gasteiger charge is 2.17. The molecule has 0 aliphatic carbocycles. The summed E-state index contributed by atoms with van der Waals surface area (Å²) in [6.07, 6.45) is 1.13. The topological polar surface area (TPSA) is 24.4 Å². The molecule has 2 rings (SSSR count). The first-order chi connectivity index (χ1) is 7.69. The van der Waals surface area contributed by atoms with E-state index < -0.39 is 0 Å². The van der Waals surface area contributed by atoms with Gasteiger partial charge in [-0.3, -0.25) is 4.99 Å². The molecule has 0 saturated carbocycles. The van der Waals surface area contributed by atoms with Crippen molar-refractivity contribution in [1.82, 2.24) is 0 Å². The normalized spacial score (nSPS) is 19.7. The Kier molecular flexibility index (Phi) is 3.49. The molecule has 1 unspecified atom stereocenters. The van der Waals surface area contributed by atoms with Crippen LogP contribution in [0.4, 0.5) is 10.1 Å². The fourth-order valence-corrected chi connectivity index (χ4v) is 2.53. The lowest BCUT2D eigenvalue weighted by Crippen LogP contribution is -2.08. The molecule has 0 radical (unpaired) electrons. The average Bonchev–Trinajstić information content (AvgIpc) is 2.70. The first kappa shape index (κ1) is 11.5. The maximum Gasteiger partial charge on any atom is 0.161 e. The highest BCUT2D eigenvalue weighted by Crippen LogP contribution is 2.25. The summed E-state index contributed by atoms with van der Waals surface area (Å²) >= 11 is 1.76. The molecule has 1 atom stereocenters. The van der Waals surface area contributed by atoms with Gasteiger partial charge in [0.15, 0.2) is 5.17 Å². The maximum atomic E-state index is 12.9. The fraction of sp³-hybridized carbons (Fsp3) is 0.417. The molecule has 4 heteroatoms. The number of nitrogens with one attached hydrogen (secondary N) is 1. The third-order valence-electron chi connectivity index (χ3n) is 2.60. The molecule has 86 valence electrons. The van der Waals surface area contributed by atoms with Crippen LogP contribution in [-0.4, -0.2) is 17.0 Å². The molecule has 1 aromatic carbocycles. The van der Waals surface area contributed by atoms with Gasteiger partial charge in [-0.25, -0.2) is 4.39 Å². The number of aryl methyl sites for hydroxylation is 1. The molecule has 0 amide bonds. The lowest BCUT2D eigenvalue weighted by atomic mass is 10.2. The second-order valence-corrected chi connectivity index (χ2v) is 5.17. The van der Waals surface area contributed by atoms with Gasteiger partial charge in [-0.05, 0) is 37.1 Å². The molecule has 1 heterocycles. The Balaban J connectivity index is 2.05. The first-order valence-corrected chi connectivity index (χ1v) is 6.31. The van der Waals surface area contributed by atoms with Gasteiger partial charge in [0.05, 0.1) is 6.54 Å². The molecule has 0 aromatic heterocycles. The zero-order valence-corrected chi connectivity index (χ0v) is 10.3. The standard InChI is InChI=1S/C12H15FN2S/c1-3-10-7-14-12(16-10)15-11-5-4-9(13)6-8(11)2/h4-6,10H,3,7H2,1-2H3,(H,14,15). The van der Waals surface area contributed by atoms with Crippen molar-refractivity contribution in [2.24, 2.45) is 4.99 Å². The van der Waals surface area contributed by atoms with Gasteiger partial charge in [-0.15, -0.1) is 0 Å². The van der Waals surface area contributed by atoms with Gasteiger partial charge in [-0.1, -0.05) is 18.7 Å². The number of amidine groups is 1. The Morgan fingerprint density at radius 3 is 3.00 bits per heavy atom. The summed E-state index contributed by atoms with van der Waals surface area (Å²) in [6, 6.07) is 4.75. The summed E-state index contributed by atoms with van der Waals surface area (Å²) in [5, 5.41) is 4.78. The van der Waals surface area contributed by atoms with E-state index in [1.54, 1.807) is 17.8 Å². The molecule has 1 aliphatic heterocycles. The first-order valence-electron chi connectivity index (χ1n) is 5.43. The molecule has 1 aliphatic rings. The van der Waals surface area contributed by atoms with Crippen molar-refractivity contribution < 1.29 is 4.39 Å². The van der Waals surface area contributed by atoms with E-state index in [1.807, 2.05) is 6.92 Å². The van der Waals surface area contributed by atoms with Crippen LogP contribution >= 0.6 is 11.8 Å². The number of thioether (sulfide) groups is 1. The molecule has 16 heavy (non-hydrogen) atoms. The predicted octanol–water partition coefficient (Wildman–Crippen LogP) is 3.43. The highest BCUT2D eigenvalue weighted by atomic mass is 32.2. The lowest BCUT2D eigenvalue weighted by molar-refractivity contribution is 0.627. The molecule has 1 N–H and O–H groups in total. The van der Waals surface area contributed by atoms with Crippen LogP contribution in [0.2, 0.25) is 0 Å². The maximum absolute atomic E-state index is 12.9. The Morgan fingerprint density at radius 1 is 1.56 bits per heavy atom. The van der Waals surface area contributed by atoms with Gasteiger partial charge in [0.1, 0.15) is 5.82 Å². The van der Waals surface area contributed by atoms with Crippen molar-refractivity contribution in [3.8, 4) is 0 Å². The third kappa shape index (κ3) is 2.55. The number of hydrogen-bond donors (Lipinski definition) is 1. The molecule has 1 aromatic rings. The van der Waals surface area contributed by atoms with Gasteiger partial charge in [0.25, 0.3) is 0 Å². The van der Waals surface area contributed by atoms with E-state index in [0.29, 0.717) is 5.25 Å². The van der Waals surface area contributed by atoms with Crippen LogP contribution in [-0.2, 0) is 0 Å². The second kappa shape index (κ2) is 4.87. The Hall–Kier alpha value is -1.03. The van der Waals surface area contributed by atoms with E-state index in [2.05, 4.69) is 17.2 Å². The van der Waals surface area contributed by atoms with Crippen LogP contribution in [0, 0.1) is 12.7 Å². The van der Waals surface area contributed by atoms with Crippen molar-refractivity contribution in [2.45, 2.75) is 25.5 Å². The van der Waals surface area contributed by atoms with Gasteiger partial charge in [0, 0.05) is 10.9 Å². The summed E-state index contributed by atoms with van der Waals surface area (Å²) < 4.78 is 12.9. The van der Waals surface area contributed by atoms with Gasteiger partial charge in [-0.2, -0.15) is 0 Å². The summed E-state index contributed by atoms with van der Waals surface area (Å²) in [6.45, 7) is 4.94. The number of rotatable bonds is 2. The zero-order chi connectivity index (χ0) is 11.5. The van der Waals surface area contributed by atoms with Crippen LogP contribution < -0.4 is 5.32 Å². The minimum Gasteiger partial charge on any atom is -0.335 e. The highest BCUT2D eigenvalue weighted by molar-refractivity contribution is 8.15. The third-order valence-corrected chi connectivity index (χ3v) is 3.87. The van der Waals surface area contributed by atoms with Crippen LogP contribution in [0.1, 0.15) is 18.9 Å². The van der Waals surface area contributed by atoms with E-state index in [-0.39, 0.29) is 5.82 Å². The summed E-state index contributed by atoms with van der Waals surface area (Å²) in [7, 11) is 0. The molecular formula is C12H15FN2S. The van der Waals surface area contributed by atoms with E-state index in [9.17, 15) is 4.39 Å². The van der Waals surface area contributed by atoms with Crippen LogP contribution in [0.25, 0.3) is 0 Å². The summed E-state index contributed by atoms with van der Waals surface area (Å²) in [5.41, 5.74) is 1.84. The minimum absolute atomic E-state index is 0.199. The SMILES string of the molecule is CCC1CN=C(Nc2ccc(F)cc2C)S1. The van der Waals surface area contributed by atoms with Crippen molar-refractivity contribution in [1.29, 1.82) is 0 Å². The Bertz CT molecular complexity index is 417. The number of halogens is 1. The molecule has 0 fully saturated rings. The number of hydrogen-bond acceptors (Lipinski definition) is 3. The summed E-state index contributed by atoms with van der Waals surface area (Å²) in [5.74, 6) is -0.199. The molecule has 0 bridgehead atoms. The zero-order valence-electron chi connectivity index (χ0n) is 9.46. The average molecular weight is 238 g/mol. The van der Waals surface area contributed by atoms with Crippen molar-refractivity contribution in [3.05, 3.63) is 29.6 Å². The summed E-state index contributed by atoms with van der Waals surface area (Å²) in [4.78, 5) is 4.42. The van der Waals surface area contributed by atoms with Crippen LogP contribution in [0.15, 0.2) is 23.2 Å². The van der Waals surface area contributed by atoms with Crippen molar-refractivity contribution in [3.63, 3.8) is 0 Å². The molecular weight excluding hydrogens is 223 g/mol. The molecule has 0 saturated heterocycles. The smallest absolute Gasteiger partial charge is 0.161 e. The van der Waals surface area contributed by atoms with Crippen LogP contribution in [0.5, 0.6) is 0 Å². The number of nitrogens with zero attached hydrogens (tertiary/aromatic N) is 1. The van der Waals surface area contributed by atoms with Crippen LogP contribution in [0.3, 0.4) is 0 Å². The monoisotopic (exact) mass is 238 g/mol. The van der Waals surface area contributed by atoms with Crippen molar-refractivity contribution >= 4 is 22.6 Å². The Labute approximate surface area is 99.3 Å². The van der Waals surface area contributed by atoms with E-state index in [1.165, 1.54) is 12.1 Å². The molecule has 2 nitrogen and oxygen atoms in total. The van der Waals surface area contributed by atoms with Gasteiger partial charge >= 0.3 is 0 Å². The number of anilines is 1. The van der Waals surface area contributed by atoms with Gasteiger partial charge < -0.3 is 5.32 Å². The van der Waals surface area contributed by atoms with E-state index >= 15 is 0 Å². The minimum atomic E-state index is -0.199. The predicted molar refractivity (Wildman–Crippen MR) is 68.7 cm³/mol. The van der Waals surface area contributed by atoms with E-state index in [0.717, 1.165) is 29.4 Å². The van der Waals surface area contributed by atoms with Crippen molar-refractivity contribution in [2.75, 3.05) is 11.9 Å².